The van der Waals surface area contributed by atoms with Crippen LogP contribution in [-0.4, -0.2) is 32.5 Å². The molecule has 31 heavy (non-hydrogen) atoms. The van der Waals surface area contributed by atoms with Gasteiger partial charge in [-0.05, 0) is 89.1 Å². The van der Waals surface area contributed by atoms with Crippen molar-refractivity contribution < 1.29 is 9.53 Å². The van der Waals surface area contributed by atoms with Crippen molar-refractivity contribution in [3.8, 4) is 6.07 Å². The molecular formula is C26H39N3O2. The van der Waals surface area contributed by atoms with E-state index in [2.05, 4.69) is 45.8 Å². The van der Waals surface area contributed by atoms with Crippen molar-refractivity contribution in [3.05, 3.63) is 59.3 Å². The Morgan fingerprint density at radius 2 is 1.68 bits per heavy atom. The molecule has 0 amide bonds. The second-order valence-electron chi connectivity index (χ2n) is 6.85. The summed E-state index contributed by atoms with van der Waals surface area (Å²) in [5.74, 6) is 0. The molecule has 0 unspecified atom stereocenters. The molecular weight excluding hydrogens is 386 g/mol. The van der Waals surface area contributed by atoms with E-state index in [0.29, 0.717) is 0 Å². The topological polar surface area (TPSA) is 91.9 Å². The molecule has 3 N–H and O–H groups in total. The molecule has 0 atom stereocenters. The fourth-order valence-electron chi connectivity index (χ4n) is 3.34. The zero-order valence-electron chi connectivity index (χ0n) is 19.5. The van der Waals surface area contributed by atoms with Gasteiger partial charge in [0.2, 0.25) is 0 Å². The van der Waals surface area contributed by atoms with Crippen LogP contribution in [0.4, 0.5) is 0 Å². The molecule has 0 aliphatic heterocycles. The average Bonchev–Trinajstić information content (AvgIpc) is 3.20. The highest BCUT2D eigenvalue weighted by Crippen LogP contribution is 2.29. The van der Waals surface area contributed by atoms with Crippen LogP contribution in [0.25, 0.3) is 10.9 Å². The van der Waals surface area contributed by atoms with Crippen molar-refractivity contribution in [1.82, 2.24) is 4.98 Å². The number of rotatable bonds is 1. The number of aromatic nitrogens is 1. The van der Waals surface area contributed by atoms with Gasteiger partial charge in [0.15, 0.2) is 0 Å². The maximum Gasteiger partial charge on any atom is 0.106 e. The van der Waals surface area contributed by atoms with Crippen molar-refractivity contribution in [2.45, 2.75) is 58.3 Å². The first-order chi connectivity index (χ1) is 15.3. The highest BCUT2D eigenvalue weighted by Gasteiger charge is 2.15. The predicted octanol–water partition coefficient (Wildman–Crippen LogP) is 5.63. The Bertz CT molecular complexity index is 802. The summed E-state index contributed by atoms with van der Waals surface area (Å²) in [4.78, 5) is 11.5. The molecule has 0 saturated carbocycles. The number of carbonyl (C=O) groups excluding carboxylic acids is 1. The smallest absolute Gasteiger partial charge is 0.106 e. The number of H-pyrrole nitrogens is 1. The Hall–Kier alpha value is -2.68. The van der Waals surface area contributed by atoms with Crippen LogP contribution < -0.4 is 5.73 Å². The first-order valence-corrected chi connectivity index (χ1v) is 11.0. The molecule has 5 heteroatoms. The third kappa shape index (κ3) is 10.8. The van der Waals surface area contributed by atoms with Gasteiger partial charge in [-0.2, -0.15) is 5.26 Å². The molecule has 0 saturated heterocycles. The summed E-state index contributed by atoms with van der Waals surface area (Å²) >= 11 is 0. The van der Waals surface area contributed by atoms with E-state index in [4.69, 9.17) is 10.1 Å². The molecule has 0 spiro atoms. The summed E-state index contributed by atoms with van der Waals surface area (Å²) < 4.78 is 4.54. The number of carbonyl (C=O) groups is 1. The van der Waals surface area contributed by atoms with Crippen LogP contribution in [0.15, 0.2) is 42.5 Å². The quantitative estimate of drug-likeness (QED) is 0.579. The molecule has 2 aliphatic carbocycles. The zero-order valence-corrected chi connectivity index (χ0v) is 19.5. The molecule has 2 aromatic rings. The first kappa shape index (κ1) is 28.3. The number of aromatic amines is 1. The number of hydrogen-bond donors (Lipinski definition) is 2. The Labute approximate surface area is 188 Å². The van der Waals surface area contributed by atoms with Crippen LogP contribution in [-0.2, 0) is 22.4 Å². The second kappa shape index (κ2) is 19.3. The van der Waals surface area contributed by atoms with Gasteiger partial charge in [-0.3, -0.25) is 0 Å². The van der Waals surface area contributed by atoms with Gasteiger partial charge in [-0.25, -0.2) is 0 Å². The van der Waals surface area contributed by atoms with E-state index < -0.39 is 0 Å². The van der Waals surface area contributed by atoms with Crippen LogP contribution >= 0.6 is 0 Å². The van der Waals surface area contributed by atoms with E-state index in [0.717, 1.165) is 31.4 Å². The predicted molar refractivity (Wildman–Crippen MR) is 131 cm³/mol. The molecule has 2 aliphatic rings. The third-order valence-corrected chi connectivity index (χ3v) is 4.86. The van der Waals surface area contributed by atoms with Gasteiger partial charge in [-0.1, -0.05) is 24.3 Å². The normalized spacial score (nSPS) is 15.7. The number of ether oxygens (including phenoxy) is 1. The summed E-state index contributed by atoms with van der Waals surface area (Å²) in [6.45, 7) is 4.78. The Kier molecular flexibility index (Phi) is 17.6. The Morgan fingerprint density at radius 3 is 2.26 bits per heavy atom. The second-order valence-corrected chi connectivity index (χ2v) is 6.85. The number of hydrogen-bond acceptors (Lipinski definition) is 4. The highest BCUT2D eigenvalue weighted by molar-refractivity contribution is 5.86. The SMILES string of the molecule is C1=C\CCC/C=C\C/1.C=O.CCOC.CN.N#Cc1ccc2[nH]c3c(c2c1)CCCC3. The maximum absolute atomic E-state index is 8.88. The average molecular weight is 426 g/mol. The van der Waals surface area contributed by atoms with Gasteiger partial charge in [-0.15, -0.1) is 0 Å². The van der Waals surface area contributed by atoms with Gasteiger partial charge in [0.1, 0.15) is 6.79 Å². The number of methoxy groups -OCH3 is 1. The van der Waals surface area contributed by atoms with E-state index in [9.17, 15) is 0 Å². The fraction of sp³-hybridized carbons (Fsp3) is 0.462. The largest absolute Gasteiger partial charge is 0.385 e. The number of nitrogens with zero attached hydrogens (tertiary/aromatic N) is 1. The fourth-order valence-corrected chi connectivity index (χ4v) is 3.34. The van der Waals surface area contributed by atoms with Crippen LogP contribution in [0.2, 0.25) is 0 Å². The molecule has 1 aromatic carbocycles. The molecule has 0 radical (unpaired) electrons. The van der Waals surface area contributed by atoms with Crippen molar-refractivity contribution in [2.24, 2.45) is 5.73 Å². The lowest BCUT2D eigenvalue weighted by Gasteiger charge is -2.10. The van der Waals surface area contributed by atoms with Crippen LogP contribution in [0.1, 0.15) is 62.3 Å². The minimum Gasteiger partial charge on any atom is -0.385 e. The van der Waals surface area contributed by atoms with Gasteiger partial charge in [0, 0.05) is 30.3 Å². The molecule has 0 fully saturated rings. The maximum atomic E-state index is 8.88. The Morgan fingerprint density at radius 1 is 1.06 bits per heavy atom. The lowest BCUT2D eigenvalue weighted by Crippen LogP contribution is -1.99. The number of aryl methyl sites for hydroxylation is 2. The van der Waals surface area contributed by atoms with Crippen molar-refractivity contribution in [1.29, 1.82) is 5.26 Å². The summed E-state index contributed by atoms with van der Waals surface area (Å²) in [5, 5.41) is 10.1. The minimum atomic E-state index is 0.759. The zero-order chi connectivity index (χ0) is 23.3. The third-order valence-electron chi connectivity index (χ3n) is 4.86. The van der Waals surface area contributed by atoms with E-state index in [1.807, 2.05) is 31.9 Å². The van der Waals surface area contributed by atoms with Gasteiger partial charge >= 0.3 is 0 Å². The Balaban J connectivity index is 0.000000477. The molecule has 0 bridgehead atoms. The number of nitriles is 1. The molecule has 1 aromatic heterocycles. The van der Waals surface area contributed by atoms with E-state index in [1.165, 1.54) is 61.3 Å². The first-order valence-electron chi connectivity index (χ1n) is 11.0. The number of fused-ring (bicyclic) bond motifs is 3. The van der Waals surface area contributed by atoms with Gasteiger partial charge in [0.25, 0.3) is 0 Å². The van der Waals surface area contributed by atoms with Crippen molar-refractivity contribution in [2.75, 3.05) is 20.8 Å². The summed E-state index contributed by atoms with van der Waals surface area (Å²) in [5.41, 5.74) is 9.26. The summed E-state index contributed by atoms with van der Waals surface area (Å²) in [6, 6.07) is 8.11. The minimum absolute atomic E-state index is 0.759. The lowest BCUT2D eigenvalue weighted by atomic mass is 9.95. The standard InChI is InChI=1S/C13H12N2.C8H12.C3H8O.CH5N.CH2O/c14-8-9-5-6-13-11(7-9)10-3-1-2-4-12(10)15-13;1-2-4-6-8-7-5-3-1;1-3-4-2;2*1-2/h5-7,15H,1-4H2;1-2,5,7H,3-4,6,8H2;3H2,1-2H3;2H2,1H3;1H2/b;2-1-,7-5-;;;. The van der Waals surface area contributed by atoms with Crippen LogP contribution in [0.3, 0.4) is 0 Å². The lowest BCUT2D eigenvalue weighted by molar-refractivity contribution is -0.0979. The van der Waals surface area contributed by atoms with E-state index in [-0.39, 0.29) is 0 Å². The van der Waals surface area contributed by atoms with Gasteiger partial charge < -0.3 is 20.2 Å². The van der Waals surface area contributed by atoms with Gasteiger partial charge in [0.05, 0.1) is 11.6 Å². The van der Waals surface area contributed by atoms with E-state index in [1.54, 1.807) is 7.11 Å². The number of nitrogens with one attached hydrogen (secondary N) is 1. The van der Waals surface area contributed by atoms with Crippen LogP contribution in [0, 0.1) is 11.3 Å². The molecule has 1 heterocycles. The van der Waals surface area contributed by atoms with Crippen molar-refractivity contribution in [3.63, 3.8) is 0 Å². The monoisotopic (exact) mass is 425 g/mol. The molecule has 170 valence electrons. The van der Waals surface area contributed by atoms with Crippen molar-refractivity contribution >= 4 is 17.7 Å². The number of allylic oxidation sites excluding steroid dienone is 4. The summed E-state index contributed by atoms with van der Waals surface area (Å²) in [6.07, 6.45) is 18.9. The molecule has 5 nitrogen and oxygen atoms in total. The summed E-state index contributed by atoms with van der Waals surface area (Å²) in [7, 11) is 3.18. The van der Waals surface area contributed by atoms with E-state index >= 15 is 0 Å². The molecule has 4 rings (SSSR count). The van der Waals surface area contributed by atoms with Crippen LogP contribution in [0.5, 0.6) is 0 Å². The number of nitrogens with two attached hydrogens (primary N) is 1. The number of benzene rings is 1. The highest BCUT2D eigenvalue weighted by atomic mass is 16.5.